The quantitative estimate of drug-likeness (QED) is 0.752. The monoisotopic (exact) mass is 413 g/mol. The number of sulfonamides is 1. The van der Waals surface area contributed by atoms with Gasteiger partial charge in [-0.1, -0.05) is 11.8 Å². The van der Waals surface area contributed by atoms with Crippen LogP contribution in [0.3, 0.4) is 0 Å². The lowest BCUT2D eigenvalue weighted by Gasteiger charge is -2.15. The van der Waals surface area contributed by atoms with Crippen molar-refractivity contribution in [1.82, 2.24) is 19.3 Å². The second-order valence-corrected chi connectivity index (χ2v) is 9.75. The SMILES string of the molecule is CCn1c(=O)n(C2NN=C(C)S2)c2cc(S(=O)(=O)NC3(CF)CC3)ccc21. The molecule has 1 unspecified atom stereocenters. The fraction of sp³-hybridized carbons (Fsp3) is 0.500. The van der Waals surface area contributed by atoms with Crippen LogP contribution >= 0.6 is 11.8 Å². The van der Waals surface area contributed by atoms with E-state index in [0.29, 0.717) is 30.4 Å². The number of thioether (sulfide) groups is 1. The van der Waals surface area contributed by atoms with Crippen LogP contribution in [0.5, 0.6) is 0 Å². The van der Waals surface area contributed by atoms with Gasteiger partial charge in [0, 0.05) is 6.54 Å². The summed E-state index contributed by atoms with van der Waals surface area (Å²) in [5.74, 6) is 0. The average molecular weight is 414 g/mol. The highest BCUT2D eigenvalue weighted by Gasteiger charge is 2.46. The molecule has 146 valence electrons. The van der Waals surface area contributed by atoms with Gasteiger partial charge in [0.05, 0.1) is 26.5 Å². The summed E-state index contributed by atoms with van der Waals surface area (Å²) in [6.07, 6.45) is 0.974. The van der Waals surface area contributed by atoms with E-state index >= 15 is 0 Å². The van der Waals surface area contributed by atoms with Crippen LogP contribution in [-0.4, -0.2) is 34.8 Å². The van der Waals surface area contributed by atoms with Gasteiger partial charge in [-0.25, -0.2) is 22.3 Å². The molecule has 11 heteroatoms. The van der Waals surface area contributed by atoms with Gasteiger partial charge in [0.25, 0.3) is 0 Å². The van der Waals surface area contributed by atoms with Crippen molar-refractivity contribution < 1.29 is 12.8 Å². The van der Waals surface area contributed by atoms with E-state index in [2.05, 4.69) is 15.2 Å². The standard InChI is InChI=1S/C16H20FN5O3S2/c1-3-21-12-5-4-11(27(24,25)20-16(9-17)6-7-16)8-13(12)22(15(21)23)14-19-18-10(2)26-14/h4-5,8,14,19-20H,3,6-7,9H2,1-2H3. The zero-order valence-electron chi connectivity index (χ0n) is 14.9. The molecule has 0 saturated heterocycles. The first-order chi connectivity index (χ1) is 12.8. The summed E-state index contributed by atoms with van der Waals surface area (Å²) in [6, 6.07) is 4.54. The van der Waals surface area contributed by atoms with Crippen LogP contribution in [0.1, 0.15) is 32.2 Å². The second-order valence-electron chi connectivity index (χ2n) is 6.80. The number of aryl methyl sites for hydroxylation is 1. The molecular formula is C16H20FN5O3S2. The average Bonchev–Trinajstić information content (AvgIpc) is 3.16. The molecule has 1 saturated carbocycles. The second kappa shape index (κ2) is 6.35. The van der Waals surface area contributed by atoms with Crippen molar-refractivity contribution >= 4 is 37.9 Å². The number of fused-ring (bicyclic) bond motifs is 1. The summed E-state index contributed by atoms with van der Waals surface area (Å²) in [6.45, 7) is 3.40. The van der Waals surface area contributed by atoms with Crippen molar-refractivity contribution in [3.63, 3.8) is 0 Å². The first kappa shape index (κ1) is 18.5. The maximum Gasteiger partial charge on any atom is 0.331 e. The molecule has 2 aromatic rings. The van der Waals surface area contributed by atoms with Crippen LogP contribution in [0.2, 0.25) is 0 Å². The molecule has 0 radical (unpaired) electrons. The van der Waals surface area contributed by atoms with E-state index in [1.54, 1.807) is 10.6 Å². The van der Waals surface area contributed by atoms with E-state index < -0.39 is 27.7 Å². The molecule has 2 heterocycles. The Kier molecular flexibility index (Phi) is 4.35. The molecule has 8 nitrogen and oxygen atoms in total. The van der Waals surface area contributed by atoms with E-state index in [4.69, 9.17) is 0 Å². The number of nitrogens with one attached hydrogen (secondary N) is 2. The maximum atomic E-state index is 13.1. The maximum absolute atomic E-state index is 13.1. The van der Waals surface area contributed by atoms with E-state index in [-0.39, 0.29) is 10.6 Å². The Labute approximate surface area is 159 Å². The first-order valence-electron chi connectivity index (χ1n) is 8.61. The number of alkyl halides is 1. The molecule has 0 bridgehead atoms. The molecule has 0 spiro atoms. The van der Waals surface area contributed by atoms with Gasteiger partial charge in [-0.2, -0.15) is 5.10 Å². The van der Waals surface area contributed by atoms with Crippen LogP contribution in [0, 0.1) is 0 Å². The largest absolute Gasteiger partial charge is 0.331 e. The highest BCUT2D eigenvalue weighted by Crippen LogP contribution is 2.37. The molecule has 4 rings (SSSR count). The molecule has 2 aliphatic rings. The number of halogens is 1. The van der Waals surface area contributed by atoms with Crippen molar-refractivity contribution in [1.29, 1.82) is 0 Å². The highest BCUT2D eigenvalue weighted by atomic mass is 32.2. The number of imidazole rings is 1. The van der Waals surface area contributed by atoms with Crippen LogP contribution in [0.15, 0.2) is 33.0 Å². The molecule has 1 aliphatic heterocycles. The number of hydrogen-bond acceptors (Lipinski definition) is 6. The molecule has 2 N–H and O–H groups in total. The number of rotatable bonds is 6. The van der Waals surface area contributed by atoms with E-state index in [1.807, 2.05) is 13.8 Å². The van der Waals surface area contributed by atoms with Gasteiger partial charge < -0.3 is 0 Å². The molecule has 1 fully saturated rings. The van der Waals surface area contributed by atoms with Crippen molar-refractivity contribution in [3.8, 4) is 0 Å². The smallest absolute Gasteiger partial charge is 0.292 e. The molecule has 27 heavy (non-hydrogen) atoms. The van der Waals surface area contributed by atoms with E-state index in [0.717, 1.165) is 5.04 Å². The number of nitrogens with zero attached hydrogens (tertiary/aromatic N) is 3. The third kappa shape index (κ3) is 3.07. The van der Waals surface area contributed by atoms with Crippen LogP contribution in [0.4, 0.5) is 4.39 Å². The van der Waals surface area contributed by atoms with Crippen molar-refractivity contribution in [2.75, 3.05) is 6.67 Å². The lowest BCUT2D eigenvalue weighted by atomic mass is 10.3. The van der Waals surface area contributed by atoms with E-state index in [9.17, 15) is 17.6 Å². The van der Waals surface area contributed by atoms with Crippen molar-refractivity contribution in [2.45, 2.75) is 49.2 Å². The molecule has 1 aromatic carbocycles. The summed E-state index contributed by atoms with van der Waals surface area (Å²) in [7, 11) is -3.89. The summed E-state index contributed by atoms with van der Waals surface area (Å²) < 4.78 is 44.1. The highest BCUT2D eigenvalue weighted by molar-refractivity contribution is 8.14. The predicted octanol–water partition coefficient (Wildman–Crippen LogP) is 1.73. The van der Waals surface area contributed by atoms with Crippen LogP contribution in [-0.2, 0) is 16.6 Å². The molecule has 0 amide bonds. The summed E-state index contributed by atoms with van der Waals surface area (Å²) in [4.78, 5) is 12.9. The Morgan fingerprint density at radius 3 is 2.70 bits per heavy atom. The summed E-state index contributed by atoms with van der Waals surface area (Å²) >= 11 is 1.38. The zero-order valence-corrected chi connectivity index (χ0v) is 16.5. The topological polar surface area (TPSA) is 97.5 Å². The van der Waals surface area contributed by atoms with E-state index in [1.165, 1.54) is 28.5 Å². The number of aromatic nitrogens is 2. The fourth-order valence-electron chi connectivity index (χ4n) is 3.19. The normalized spacial score (nSPS) is 21.3. The van der Waals surface area contributed by atoms with Gasteiger partial charge in [-0.3, -0.25) is 14.6 Å². The molecule has 1 aromatic heterocycles. The minimum Gasteiger partial charge on any atom is -0.292 e. The Morgan fingerprint density at radius 2 is 2.15 bits per heavy atom. The Morgan fingerprint density at radius 1 is 1.41 bits per heavy atom. The third-order valence-corrected chi connectivity index (χ3v) is 7.42. The van der Waals surface area contributed by atoms with Gasteiger partial charge in [0.15, 0.2) is 5.50 Å². The van der Waals surface area contributed by atoms with Gasteiger partial charge in [-0.05, 0) is 44.9 Å². The Hall–Kier alpha value is -1.85. The molecule has 1 aliphatic carbocycles. The van der Waals surface area contributed by atoms with Gasteiger partial charge in [-0.15, -0.1) is 0 Å². The zero-order chi connectivity index (χ0) is 19.4. The minimum absolute atomic E-state index is 0.0114. The minimum atomic E-state index is -3.89. The lowest BCUT2D eigenvalue weighted by Crippen LogP contribution is -2.38. The van der Waals surface area contributed by atoms with Gasteiger partial charge in [0.2, 0.25) is 10.0 Å². The number of hydrazone groups is 1. The van der Waals surface area contributed by atoms with Crippen LogP contribution in [0.25, 0.3) is 11.0 Å². The van der Waals surface area contributed by atoms with Gasteiger partial charge >= 0.3 is 5.69 Å². The Balaban J connectivity index is 1.83. The summed E-state index contributed by atoms with van der Waals surface area (Å²) in [5, 5.41) is 4.89. The Bertz CT molecular complexity index is 1100. The third-order valence-electron chi connectivity index (χ3n) is 4.87. The predicted molar refractivity (Wildman–Crippen MR) is 103 cm³/mol. The number of hydrogen-bond donors (Lipinski definition) is 2. The lowest BCUT2D eigenvalue weighted by molar-refractivity contribution is 0.393. The first-order valence-corrected chi connectivity index (χ1v) is 11.0. The van der Waals surface area contributed by atoms with Gasteiger partial charge in [0.1, 0.15) is 6.67 Å². The van der Waals surface area contributed by atoms with Crippen molar-refractivity contribution in [2.24, 2.45) is 5.10 Å². The summed E-state index contributed by atoms with van der Waals surface area (Å²) in [5.41, 5.74) is 2.36. The van der Waals surface area contributed by atoms with Crippen LogP contribution < -0.4 is 15.8 Å². The number of benzene rings is 1. The fourth-order valence-corrected chi connectivity index (χ4v) is 5.49. The van der Waals surface area contributed by atoms with Crippen molar-refractivity contribution in [3.05, 3.63) is 28.7 Å². The molecule has 1 atom stereocenters. The molecular weight excluding hydrogens is 393 g/mol.